The Morgan fingerprint density at radius 1 is 1.35 bits per heavy atom. The summed E-state index contributed by atoms with van der Waals surface area (Å²) in [6.07, 6.45) is 1.97. The number of aliphatic hydroxyl groups is 1. The molecule has 3 rings (SSSR count). The van der Waals surface area contributed by atoms with Crippen molar-refractivity contribution in [3.05, 3.63) is 36.0 Å². The highest BCUT2D eigenvalue weighted by Gasteiger charge is 2.54. The highest BCUT2D eigenvalue weighted by Crippen LogP contribution is 2.52. The van der Waals surface area contributed by atoms with Crippen LogP contribution in [0.25, 0.3) is 10.9 Å². The number of benzene rings is 1. The molecule has 1 atom stereocenters. The molecular weight excluding hydrogens is 218 g/mol. The number of hydrogen-bond acceptors (Lipinski definition) is 2. The minimum atomic E-state index is -1.32. The van der Waals surface area contributed by atoms with Gasteiger partial charge in [-0.15, -0.1) is 0 Å². The van der Waals surface area contributed by atoms with E-state index in [0.717, 1.165) is 29.3 Å². The van der Waals surface area contributed by atoms with Gasteiger partial charge in [-0.05, 0) is 30.5 Å². The minimum Gasteiger partial charge on any atom is -0.479 e. The van der Waals surface area contributed by atoms with Crippen molar-refractivity contribution in [2.75, 3.05) is 0 Å². The first-order valence-corrected chi connectivity index (χ1v) is 5.63. The third-order valence-electron chi connectivity index (χ3n) is 3.68. The summed E-state index contributed by atoms with van der Waals surface area (Å²) >= 11 is 0. The van der Waals surface area contributed by atoms with Crippen molar-refractivity contribution >= 4 is 16.9 Å². The Balaban J connectivity index is 2.15. The van der Waals surface area contributed by atoms with E-state index in [1.807, 2.05) is 30.5 Å². The number of aromatic amines is 1. The molecule has 1 saturated carbocycles. The molecule has 1 aromatic heterocycles. The van der Waals surface area contributed by atoms with Gasteiger partial charge in [0.15, 0.2) is 6.10 Å². The number of aliphatic hydroxyl groups excluding tert-OH is 1. The van der Waals surface area contributed by atoms with Crippen LogP contribution in [-0.2, 0) is 10.2 Å². The standard InChI is InChI=1S/C13H13NO3/c15-11(12(16)17)13(5-6-13)9-2-1-3-10-8(9)4-7-14-10/h1-4,7,11,14-15H,5-6H2,(H,16,17). The molecule has 1 unspecified atom stereocenters. The van der Waals surface area contributed by atoms with Gasteiger partial charge in [0.05, 0.1) is 0 Å². The number of aliphatic carboxylic acids is 1. The van der Waals surface area contributed by atoms with Crippen molar-refractivity contribution in [3.63, 3.8) is 0 Å². The van der Waals surface area contributed by atoms with Crippen molar-refractivity contribution in [1.82, 2.24) is 4.98 Å². The maximum atomic E-state index is 11.0. The van der Waals surface area contributed by atoms with Gasteiger partial charge in [0, 0.05) is 22.5 Å². The molecule has 1 heterocycles. The average Bonchev–Trinajstić information content (AvgIpc) is 2.98. The Morgan fingerprint density at radius 3 is 2.76 bits per heavy atom. The summed E-state index contributed by atoms with van der Waals surface area (Å²) in [5.41, 5.74) is 1.32. The largest absolute Gasteiger partial charge is 0.479 e. The summed E-state index contributed by atoms with van der Waals surface area (Å²) in [6.45, 7) is 0. The van der Waals surface area contributed by atoms with E-state index in [4.69, 9.17) is 5.11 Å². The average molecular weight is 231 g/mol. The maximum Gasteiger partial charge on any atom is 0.333 e. The Bertz CT molecular complexity index is 583. The second-order valence-electron chi connectivity index (χ2n) is 4.64. The predicted molar refractivity (Wildman–Crippen MR) is 62.9 cm³/mol. The van der Waals surface area contributed by atoms with Gasteiger partial charge in [-0.3, -0.25) is 0 Å². The fraction of sp³-hybridized carbons (Fsp3) is 0.308. The topological polar surface area (TPSA) is 73.3 Å². The summed E-state index contributed by atoms with van der Waals surface area (Å²) in [5.74, 6) is -1.14. The van der Waals surface area contributed by atoms with Crippen LogP contribution in [0.3, 0.4) is 0 Å². The molecule has 0 radical (unpaired) electrons. The normalized spacial score (nSPS) is 19.1. The molecule has 4 nitrogen and oxygen atoms in total. The van der Waals surface area contributed by atoms with Crippen LogP contribution in [0.5, 0.6) is 0 Å². The number of hydrogen-bond donors (Lipinski definition) is 3. The number of fused-ring (bicyclic) bond motifs is 1. The van der Waals surface area contributed by atoms with Crippen LogP contribution in [0.1, 0.15) is 18.4 Å². The summed E-state index contributed by atoms with van der Waals surface area (Å²) in [5, 5.41) is 19.8. The van der Waals surface area contributed by atoms with Gasteiger partial charge in [0.1, 0.15) is 0 Å². The van der Waals surface area contributed by atoms with Gasteiger partial charge < -0.3 is 15.2 Å². The molecule has 0 bridgehead atoms. The maximum absolute atomic E-state index is 11.0. The lowest BCUT2D eigenvalue weighted by atomic mass is 9.87. The number of rotatable bonds is 3. The SMILES string of the molecule is O=C(O)C(O)C1(c2cccc3[nH]ccc23)CC1. The molecule has 0 aliphatic heterocycles. The van der Waals surface area contributed by atoms with Crippen LogP contribution in [-0.4, -0.2) is 27.3 Å². The highest BCUT2D eigenvalue weighted by atomic mass is 16.4. The van der Waals surface area contributed by atoms with Gasteiger partial charge in [-0.1, -0.05) is 12.1 Å². The minimum absolute atomic E-state index is 0.590. The lowest BCUT2D eigenvalue weighted by molar-refractivity contribution is -0.148. The molecule has 3 N–H and O–H groups in total. The van der Waals surface area contributed by atoms with Gasteiger partial charge in [-0.25, -0.2) is 4.79 Å². The zero-order valence-electron chi connectivity index (χ0n) is 9.18. The fourth-order valence-electron chi connectivity index (χ4n) is 2.58. The second kappa shape index (κ2) is 3.34. The molecular formula is C13H13NO3. The summed E-state index contributed by atoms with van der Waals surface area (Å²) < 4.78 is 0. The molecule has 0 saturated heterocycles. The Morgan fingerprint density at radius 2 is 2.12 bits per heavy atom. The van der Waals surface area contributed by atoms with Gasteiger partial charge in [-0.2, -0.15) is 0 Å². The lowest BCUT2D eigenvalue weighted by Crippen LogP contribution is -2.33. The molecule has 17 heavy (non-hydrogen) atoms. The molecule has 88 valence electrons. The molecule has 0 spiro atoms. The Hall–Kier alpha value is -1.81. The number of nitrogens with one attached hydrogen (secondary N) is 1. The molecule has 0 amide bonds. The number of carboxylic acid groups (broad SMARTS) is 1. The molecule has 1 aliphatic carbocycles. The van der Waals surface area contributed by atoms with Gasteiger partial charge in [0.25, 0.3) is 0 Å². The van der Waals surface area contributed by atoms with E-state index in [9.17, 15) is 9.90 Å². The fourth-order valence-corrected chi connectivity index (χ4v) is 2.58. The monoisotopic (exact) mass is 231 g/mol. The second-order valence-corrected chi connectivity index (χ2v) is 4.64. The zero-order chi connectivity index (χ0) is 12.0. The zero-order valence-corrected chi connectivity index (χ0v) is 9.18. The number of aromatic nitrogens is 1. The Labute approximate surface area is 97.9 Å². The predicted octanol–water partition coefficient (Wildman–Crippen LogP) is 1.64. The van der Waals surface area contributed by atoms with E-state index in [0.29, 0.717) is 0 Å². The van der Waals surface area contributed by atoms with Gasteiger partial charge in [0.2, 0.25) is 0 Å². The van der Waals surface area contributed by atoms with Crippen LogP contribution in [0.2, 0.25) is 0 Å². The first-order chi connectivity index (χ1) is 8.15. The van der Waals surface area contributed by atoms with Crippen LogP contribution < -0.4 is 0 Å². The van der Waals surface area contributed by atoms with Crippen molar-refractivity contribution in [1.29, 1.82) is 0 Å². The molecule has 1 fully saturated rings. The smallest absolute Gasteiger partial charge is 0.333 e. The lowest BCUT2D eigenvalue weighted by Gasteiger charge is -2.20. The summed E-state index contributed by atoms with van der Waals surface area (Å²) in [6, 6.07) is 7.68. The molecule has 1 aromatic carbocycles. The van der Waals surface area contributed by atoms with Crippen molar-refractivity contribution < 1.29 is 15.0 Å². The number of carboxylic acids is 1. The first-order valence-electron chi connectivity index (χ1n) is 5.63. The highest BCUT2D eigenvalue weighted by molar-refractivity contribution is 5.86. The molecule has 1 aliphatic rings. The number of H-pyrrole nitrogens is 1. The van der Waals surface area contributed by atoms with Crippen LogP contribution in [0.4, 0.5) is 0 Å². The van der Waals surface area contributed by atoms with E-state index in [2.05, 4.69) is 4.98 Å². The van der Waals surface area contributed by atoms with Crippen molar-refractivity contribution in [3.8, 4) is 0 Å². The van der Waals surface area contributed by atoms with Crippen molar-refractivity contribution in [2.24, 2.45) is 0 Å². The van der Waals surface area contributed by atoms with Gasteiger partial charge >= 0.3 is 5.97 Å². The summed E-state index contributed by atoms with van der Waals surface area (Å²) in [4.78, 5) is 14.1. The van der Waals surface area contributed by atoms with E-state index >= 15 is 0 Å². The third-order valence-corrected chi connectivity index (χ3v) is 3.68. The van der Waals surface area contributed by atoms with E-state index in [1.54, 1.807) is 0 Å². The number of carbonyl (C=O) groups is 1. The van der Waals surface area contributed by atoms with Crippen LogP contribution in [0.15, 0.2) is 30.5 Å². The van der Waals surface area contributed by atoms with Crippen LogP contribution >= 0.6 is 0 Å². The Kier molecular flexibility index (Phi) is 2.03. The van der Waals surface area contributed by atoms with E-state index < -0.39 is 17.5 Å². The quantitative estimate of drug-likeness (QED) is 0.752. The third kappa shape index (κ3) is 1.37. The van der Waals surface area contributed by atoms with E-state index in [1.165, 1.54) is 0 Å². The molecule has 2 aromatic rings. The molecule has 4 heteroatoms. The first kappa shape index (κ1) is 10.4. The van der Waals surface area contributed by atoms with Crippen molar-refractivity contribution in [2.45, 2.75) is 24.4 Å². The summed E-state index contributed by atoms with van der Waals surface area (Å²) in [7, 11) is 0. The van der Waals surface area contributed by atoms with Crippen LogP contribution in [0, 0.1) is 0 Å². The van der Waals surface area contributed by atoms with E-state index in [-0.39, 0.29) is 0 Å².